The maximum atomic E-state index is 10.2. The van der Waals surface area contributed by atoms with E-state index >= 15 is 0 Å². The molecule has 0 saturated carbocycles. The van der Waals surface area contributed by atoms with Crippen molar-refractivity contribution in [3.63, 3.8) is 0 Å². The Bertz CT molecular complexity index is 3030. The van der Waals surface area contributed by atoms with Crippen molar-refractivity contribution in [3.05, 3.63) is 298 Å². The second kappa shape index (κ2) is 60.1. The summed E-state index contributed by atoms with van der Waals surface area (Å²) in [6, 6.07) is 80.2. The molecule has 23 nitrogen and oxygen atoms in total. The molecule has 0 unspecified atom stereocenters. The molecule has 0 bridgehead atoms. The van der Waals surface area contributed by atoms with E-state index in [9.17, 15) is 5.11 Å². The van der Waals surface area contributed by atoms with Crippen LogP contribution in [-0.4, -0.2) is 201 Å². The quantitative estimate of drug-likeness (QED) is 0.0117. The topological polar surface area (TPSA) is 305 Å². The summed E-state index contributed by atoms with van der Waals surface area (Å²) in [5.74, 6) is -0.542. The number of nitrogens with zero attached hydrogens (tertiary/aromatic N) is 3. The molecule has 8 rings (SSSR count). The average Bonchev–Trinajstić information content (AvgIpc) is 1.22. The van der Waals surface area contributed by atoms with Crippen molar-refractivity contribution in [1.82, 2.24) is 0 Å². The Labute approximate surface area is 643 Å². The van der Waals surface area contributed by atoms with Crippen LogP contribution in [0.1, 0.15) is 44.5 Å². The first kappa shape index (κ1) is 90.2. The SMILES string of the molecule is NCC(COC(CO)CO)COC(CO)CO.OCC(COC(COCc1ccccc1)COCc1ccccc1)COC(COCc1ccccc1)COCc1ccccc1.[N-]=[N+]=NCC(COC(COCc1ccccc1)COCc1ccccc1)COC(COCc1ccccc1)COCc1ccccc1. The largest absolute Gasteiger partial charge is 0.396 e. The Hall–Kier alpha value is -7.73. The molecule has 0 aliphatic carbocycles. The van der Waals surface area contributed by atoms with Crippen molar-refractivity contribution in [2.45, 2.75) is 89.5 Å². The fraction of sp³-hybridized carbons (Fsp3) is 0.442. The molecule has 7 N–H and O–H groups in total. The number of ether oxygens (including phenoxy) is 14. The second-order valence-corrected chi connectivity index (χ2v) is 25.9. The minimum absolute atomic E-state index is 0.0784. The molecular formula is C86H114N4O19. The highest BCUT2D eigenvalue weighted by molar-refractivity contribution is 5.18. The monoisotopic (exact) mass is 1510 g/mol. The summed E-state index contributed by atoms with van der Waals surface area (Å²) in [5.41, 5.74) is 23.3. The van der Waals surface area contributed by atoms with Crippen molar-refractivity contribution in [2.75, 3.05) is 139 Å². The van der Waals surface area contributed by atoms with Crippen molar-refractivity contribution < 1.29 is 91.8 Å². The molecule has 0 aliphatic heterocycles. The van der Waals surface area contributed by atoms with Crippen molar-refractivity contribution >= 4 is 0 Å². The van der Waals surface area contributed by atoms with Crippen LogP contribution in [0.4, 0.5) is 0 Å². The standard InChI is InChI=1S/C38H45N3O6.C38H46O7.C10H23NO6/c39-41-40-21-36(26-46-37(28-42-22-32-13-5-1-6-14-32)29-43-23-33-15-7-2-8-16-33)27-47-38(30-44-24-34-17-9-3-10-18-34)31-45-25-35-19-11-4-12-20-35;39-21-36(26-44-37(28-40-22-32-13-5-1-6-14-32)29-41-23-33-15-7-2-8-16-33)27-45-38(30-42-24-34-17-9-3-10-18-34)31-43-25-35-19-11-4-12-20-35;11-1-8(6-16-9(2-12)3-13)7-17-10(4-14)5-15/h1-20,36-38H,21-31H2;1-20,36-39H,21-31H2;8-10,12-15H,1-7,11H2. The van der Waals surface area contributed by atoms with Crippen LogP contribution >= 0.6 is 0 Å². The van der Waals surface area contributed by atoms with E-state index < -0.39 is 12.2 Å². The number of hydrogen-bond acceptors (Lipinski definition) is 21. The van der Waals surface area contributed by atoms with Gasteiger partial charge in [-0.05, 0) is 56.6 Å². The van der Waals surface area contributed by atoms with Gasteiger partial charge in [-0.25, -0.2) is 0 Å². The van der Waals surface area contributed by atoms with Gasteiger partial charge in [0.2, 0.25) is 0 Å². The lowest BCUT2D eigenvalue weighted by atomic mass is 10.2. The maximum absolute atomic E-state index is 10.2. The van der Waals surface area contributed by atoms with E-state index in [0.717, 1.165) is 44.5 Å². The van der Waals surface area contributed by atoms with Gasteiger partial charge in [0.1, 0.15) is 36.6 Å². The van der Waals surface area contributed by atoms with Crippen LogP contribution in [0.3, 0.4) is 0 Å². The van der Waals surface area contributed by atoms with Gasteiger partial charge >= 0.3 is 0 Å². The average molecular weight is 1510 g/mol. The second-order valence-electron chi connectivity index (χ2n) is 25.9. The Balaban J connectivity index is 0.000000282. The van der Waals surface area contributed by atoms with Crippen LogP contribution in [0.5, 0.6) is 0 Å². The Morgan fingerprint density at radius 1 is 0.248 bits per heavy atom. The van der Waals surface area contributed by atoms with E-state index in [2.05, 4.69) is 10.0 Å². The summed E-state index contributed by atoms with van der Waals surface area (Å²) in [6.45, 7) is 7.79. The first-order valence-corrected chi connectivity index (χ1v) is 37.2. The molecule has 592 valence electrons. The molecule has 0 spiro atoms. The van der Waals surface area contributed by atoms with E-state index in [4.69, 9.17) is 98.0 Å². The van der Waals surface area contributed by atoms with E-state index in [0.29, 0.717) is 139 Å². The lowest BCUT2D eigenvalue weighted by molar-refractivity contribution is -0.106. The number of benzene rings is 8. The predicted octanol–water partition coefficient (Wildman–Crippen LogP) is 11.1. The molecule has 0 saturated heterocycles. The van der Waals surface area contributed by atoms with E-state index in [-0.39, 0.29) is 95.0 Å². The number of nitrogens with two attached hydrogens (primary N) is 1. The highest BCUT2D eigenvalue weighted by atomic mass is 16.6. The Morgan fingerprint density at radius 3 is 0.606 bits per heavy atom. The van der Waals surface area contributed by atoms with Gasteiger partial charge in [0.25, 0.3) is 0 Å². The molecule has 23 heteroatoms. The fourth-order valence-electron chi connectivity index (χ4n) is 10.2. The summed E-state index contributed by atoms with van der Waals surface area (Å²) in [5, 5.41) is 49.2. The number of azide groups is 1. The van der Waals surface area contributed by atoms with Crippen LogP contribution in [0.25, 0.3) is 10.4 Å². The van der Waals surface area contributed by atoms with E-state index in [1.165, 1.54) is 0 Å². The fourth-order valence-corrected chi connectivity index (χ4v) is 10.2. The highest BCUT2D eigenvalue weighted by Crippen LogP contribution is 2.16. The molecular weight excluding hydrogens is 1390 g/mol. The molecule has 0 heterocycles. The van der Waals surface area contributed by atoms with Gasteiger partial charge in [0, 0.05) is 29.2 Å². The summed E-state index contributed by atoms with van der Waals surface area (Å²) in [4.78, 5) is 2.98. The van der Waals surface area contributed by atoms with Crippen LogP contribution in [0.2, 0.25) is 0 Å². The number of hydrogen-bond donors (Lipinski definition) is 6. The third-order valence-corrected chi connectivity index (χ3v) is 16.5. The first-order chi connectivity index (χ1) is 53.8. The molecule has 0 aliphatic rings. The summed E-state index contributed by atoms with van der Waals surface area (Å²) >= 11 is 0. The molecule has 8 aromatic carbocycles. The van der Waals surface area contributed by atoms with Crippen molar-refractivity contribution in [1.29, 1.82) is 0 Å². The molecule has 0 fully saturated rings. The van der Waals surface area contributed by atoms with Crippen molar-refractivity contribution in [2.24, 2.45) is 28.6 Å². The van der Waals surface area contributed by atoms with Gasteiger partial charge in [-0.1, -0.05) is 248 Å². The molecule has 0 amide bonds. The van der Waals surface area contributed by atoms with Crippen molar-refractivity contribution in [3.8, 4) is 0 Å². The van der Waals surface area contributed by atoms with Gasteiger partial charge in [-0.3, -0.25) is 0 Å². The van der Waals surface area contributed by atoms with Crippen LogP contribution in [0.15, 0.2) is 248 Å². The lowest BCUT2D eigenvalue weighted by Gasteiger charge is -2.24. The molecule has 8 aromatic rings. The molecule has 0 aromatic heterocycles. The third kappa shape index (κ3) is 42.9. The highest BCUT2D eigenvalue weighted by Gasteiger charge is 2.22. The third-order valence-electron chi connectivity index (χ3n) is 16.5. The van der Waals surface area contributed by atoms with Crippen LogP contribution < -0.4 is 5.73 Å². The molecule has 0 radical (unpaired) electrons. The predicted molar refractivity (Wildman–Crippen MR) is 416 cm³/mol. The normalized spacial score (nSPS) is 11.5. The number of aliphatic hydroxyl groups is 5. The summed E-state index contributed by atoms with van der Waals surface area (Å²) in [7, 11) is 0. The first-order valence-electron chi connectivity index (χ1n) is 37.2. The summed E-state index contributed by atoms with van der Waals surface area (Å²) < 4.78 is 83.4. The molecule has 109 heavy (non-hydrogen) atoms. The van der Waals surface area contributed by atoms with Gasteiger partial charge < -0.3 is 97.6 Å². The van der Waals surface area contributed by atoms with Gasteiger partial charge in [0.05, 0.1) is 178 Å². The van der Waals surface area contributed by atoms with E-state index in [1.54, 1.807) is 0 Å². The van der Waals surface area contributed by atoms with Gasteiger partial charge in [0.15, 0.2) is 0 Å². The Morgan fingerprint density at radius 2 is 0.431 bits per heavy atom. The smallest absolute Gasteiger partial charge is 0.104 e. The lowest BCUT2D eigenvalue weighted by Crippen LogP contribution is -2.33. The minimum atomic E-state index is -0.615. The zero-order valence-electron chi connectivity index (χ0n) is 62.7. The zero-order valence-corrected chi connectivity index (χ0v) is 62.7. The van der Waals surface area contributed by atoms with Gasteiger partial charge in [-0.15, -0.1) is 0 Å². The number of rotatable bonds is 58. The van der Waals surface area contributed by atoms with Crippen LogP contribution in [-0.2, 0) is 119 Å². The zero-order chi connectivity index (χ0) is 76.9. The van der Waals surface area contributed by atoms with Crippen LogP contribution in [0, 0.1) is 17.8 Å². The Kier molecular flexibility index (Phi) is 49.7. The summed E-state index contributed by atoms with van der Waals surface area (Å²) in [6.07, 6.45) is -2.48. The molecule has 0 atom stereocenters. The van der Waals surface area contributed by atoms with Gasteiger partial charge in [-0.2, -0.15) is 0 Å². The van der Waals surface area contributed by atoms with E-state index in [1.807, 2.05) is 243 Å². The number of aliphatic hydroxyl groups excluding tert-OH is 5. The minimum Gasteiger partial charge on any atom is -0.396 e. The maximum Gasteiger partial charge on any atom is 0.104 e.